The van der Waals surface area contributed by atoms with Crippen LogP contribution in [-0.4, -0.2) is 5.97 Å². The minimum Gasteiger partial charge on any atom is -0.423 e. The Balaban J connectivity index is 1.86. The molecule has 0 saturated carbocycles. The highest BCUT2D eigenvalue weighted by molar-refractivity contribution is 5.92. The Morgan fingerprint density at radius 2 is 1.03 bits per heavy atom. The summed E-state index contributed by atoms with van der Waals surface area (Å²) in [7, 11) is 0. The lowest BCUT2D eigenvalue weighted by Gasteiger charge is -2.13. The zero-order valence-electron chi connectivity index (χ0n) is 20.3. The van der Waals surface area contributed by atoms with Crippen LogP contribution in [0.2, 0.25) is 0 Å². The van der Waals surface area contributed by atoms with Crippen LogP contribution >= 0.6 is 0 Å². The number of benzene rings is 4. The lowest BCUT2D eigenvalue weighted by molar-refractivity contribution is -0.130. The smallest absolute Gasteiger partial charge is 0.338 e. The standard InChI is InChI=1S/C34H28O2/c1-26(2)34(35)36-33-25-22-30(21-18-27-12-6-3-7-13-27)31(23-19-28-14-8-4-9-15-28)32(33)24-20-29-16-10-5-11-17-29/h3-25H,1H2,2H3. The van der Waals surface area contributed by atoms with Gasteiger partial charge in [-0.05, 0) is 40.8 Å². The number of esters is 1. The third-order valence-electron chi connectivity index (χ3n) is 5.57. The van der Waals surface area contributed by atoms with Crippen molar-refractivity contribution in [2.45, 2.75) is 6.92 Å². The van der Waals surface area contributed by atoms with E-state index in [2.05, 4.69) is 55.1 Å². The van der Waals surface area contributed by atoms with Crippen LogP contribution in [0.5, 0.6) is 5.75 Å². The topological polar surface area (TPSA) is 26.3 Å². The Kier molecular flexibility index (Phi) is 8.24. The number of ether oxygens (including phenoxy) is 1. The van der Waals surface area contributed by atoms with E-state index in [0.29, 0.717) is 11.3 Å². The number of carbonyl (C=O) groups is 1. The average Bonchev–Trinajstić information content (AvgIpc) is 2.92. The molecule has 0 heterocycles. The molecule has 0 aliphatic heterocycles. The second-order valence-electron chi connectivity index (χ2n) is 8.38. The number of hydrogen-bond donors (Lipinski definition) is 0. The second kappa shape index (κ2) is 12.1. The summed E-state index contributed by atoms with van der Waals surface area (Å²) in [6, 6.07) is 34.2. The molecule has 0 unspecified atom stereocenters. The van der Waals surface area contributed by atoms with Crippen LogP contribution in [0.4, 0.5) is 0 Å². The van der Waals surface area contributed by atoms with Crippen LogP contribution in [-0.2, 0) is 4.79 Å². The first-order chi connectivity index (χ1) is 17.6. The molecule has 0 aromatic heterocycles. The van der Waals surface area contributed by atoms with Crippen molar-refractivity contribution in [3.05, 3.63) is 149 Å². The molecule has 2 nitrogen and oxygen atoms in total. The van der Waals surface area contributed by atoms with Crippen molar-refractivity contribution in [2.75, 3.05) is 0 Å². The second-order valence-corrected chi connectivity index (χ2v) is 8.38. The highest BCUT2D eigenvalue weighted by atomic mass is 16.5. The Labute approximate surface area is 213 Å². The van der Waals surface area contributed by atoms with Crippen molar-refractivity contribution in [3.63, 3.8) is 0 Å². The molecule has 0 fully saturated rings. The fraction of sp³-hybridized carbons (Fsp3) is 0.0294. The van der Waals surface area contributed by atoms with Gasteiger partial charge >= 0.3 is 5.97 Å². The fourth-order valence-corrected chi connectivity index (χ4v) is 3.65. The normalized spacial score (nSPS) is 11.4. The zero-order chi connectivity index (χ0) is 25.2. The first-order valence-corrected chi connectivity index (χ1v) is 11.8. The lowest BCUT2D eigenvalue weighted by Crippen LogP contribution is -2.09. The largest absolute Gasteiger partial charge is 0.423 e. The van der Waals surface area contributed by atoms with Gasteiger partial charge in [-0.3, -0.25) is 0 Å². The van der Waals surface area contributed by atoms with Crippen molar-refractivity contribution in [1.29, 1.82) is 0 Å². The molecule has 0 spiro atoms. The quantitative estimate of drug-likeness (QED) is 0.112. The van der Waals surface area contributed by atoms with E-state index in [1.54, 1.807) is 6.92 Å². The molecule has 0 saturated heterocycles. The van der Waals surface area contributed by atoms with E-state index in [9.17, 15) is 4.79 Å². The van der Waals surface area contributed by atoms with Gasteiger partial charge in [0.25, 0.3) is 0 Å². The monoisotopic (exact) mass is 468 g/mol. The van der Waals surface area contributed by atoms with E-state index < -0.39 is 5.97 Å². The minimum atomic E-state index is -0.449. The van der Waals surface area contributed by atoms with Gasteiger partial charge in [0.15, 0.2) is 0 Å². The maximum Gasteiger partial charge on any atom is 0.338 e. The molecule has 4 aromatic carbocycles. The summed E-state index contributed by atoms with van der Waals surface area (Å²) in [5, 5.41) is 0. The summed E-state index contributed by atoms with van der Waals surface area (Å²) in [5.41, 5.74) is 6.36. The minimum absolute atomic E-state index is 0.349. The highest BCUT2D eigenvalue weighted by Crippen LogP contribution is 2.31. The van der Waals surface area contributed by atoms with Gasteiger partial charge < -0.3 is 4.74 Å². The molecule has 0 amide bonds. The van der Waals surface area contributed by atoms with Gasteiger partial charge in [0.2, 0.25) is 0 Å². The third kappa shape index (κ3) is 6.68. The summed E-state index contributed by atoms with van der Waals surface area (Å²) in [5.74, 6) is 0.0367. The Bertz CT molecular complexity index is 1410. The molecule has 176 valence electrons. The van der Waals surface area contributed by atoms with E-state index in [4.69, 9.17) is 4.74 Å². The van der Waals surface area contributed by atoms with Crippen molar-refractivity contribution in [2.24, 2.45) is 0 Å². The van der Waals surface area contributed by atoms with E-state index in [1.807, 2.05) is 91.0 Å². The van der Waals surface area contributed by atoms with Gasteiger partial charge in [0, 0.05) is 11.1 Å². The number of rotatable bonds is 8. The van der Waals surface area contributed by atoms with Crippen LogP contribution in [0.1, 0.15) is 40.3 Å². The SMILES string of the molecule is C=C(C)C(=O)Oc1ccc(C=Cc2ccccc2)c(C=Cc2ccccc2)c1C=Cc1ccccc1. The van der Waals surface area contributed by atoms with Crippen LogP contribution in [0.25, 0.3) is 36.5 Å². The summed E-state index contributed by atoms with van der Waals surface area (Å²) in [6.07, 6.45) is 12.3. The molecule has 4 rings (SSSR count). The van der Waals surface area contributed by atoms with Crippen molar-refractivity contribution < 1.29 is 9.53 Å². The average molecular weight is 469 g/mol. The third-order valence-corrected chi connectivity index (χ3v) is 5.57. The molecule has 0 aliphatic rings. The molecular formula is C34H28O2. The molecule has 0 bridgehead atoms. The Morgan fingerprint density at radius 3 is 1.50 bits per heavy atom. The molecule has 0 N–H and O–H groups in total. The summed E-state index contributed by atoms with van der Waals surface area (Å²) in [4.78, 5) is 12.4. The van der Waals surface area contributed by atoms with E-state index in [1.165, 1.54) is 0 Å². The molecular weight excluding hydrogens is 440 g/mol. The first kappa shape index (κ1) is 24.4. The maximum absolute atomic E-state index is 12.4. The fourth-order valence-electron chi connectivity index (χ4n) is 3.65. The first-order valence-electron chi connectivity index (χ1n) is 11.8. The van der Waals surface area contributed by atoms with Gasteiger partial charge in [-0.2, -0.15) is 0 Å². The number of carbonyl (C=O) groups excluding carboxylic acids is 1. The van der Waals surface area contributed by atoms with Gasteiger partial charge in [0.1, 0.15) is 5.75 Å². The summed E-state index contributed by atoms with van der Waals surface area (Å²) < 4.78 is 5.76. The van der Waals surface area contributed by atoms with Crippen molar-refractivity contribution >= 4 is 42.4 Å². The van der Waals surface area contributed by atoms with Crippen LogP contribution in [0.3, 0.4) is 0 Å². The maximum atomic E-state index is 12.4. The predicted octanol–water partition coefficient (Wildman–Crippen LogP) is 8.68. The predicted molar refractivity (Wildman–Crippen MR) is 153 cm³/mol. The van der Waals surface area contributed by atoms with E-state index in [0.717, 1.165) is 33.4 Å². The van der Waals surface area contributed by atoms with Gasteiger partial charge in [-0.25, -0.2) is 4.79 Å². The molecule has 36 heavy (non-hydrogen) atoms. The molecule has 4 aromatic rings. The van der Waals surface area contributed by atoms with Crippen LogP contribution in [0, 0.1) is 0 Å². The van der Waals surface area contributed by atoms with Crippen LogP contribution in [0.15, 0.2) is 115 Å². The van der Waals surface area contributed by atoms with Crippen molar-refractivity contribution in [3.8, 4) is 5.75 Å². The van der Waals surface area contributed by atoms with Crippen LogP contribution < -0.4 is 4.74 Å². The Morgan fingerprint density at radius 1 is 0.583 bits per heavy atom. The molecule has 0 radical (unpaired) electrons. The lowest BCUT2D eigenvalue weighted by atomic mass is 9.96. The van der Waals surface area contributed by atoms with E-state index >= 15 is 0 Å². The van der Waals surface area contributed by atoms with Gasteiger partial charge in [0.05, 0.1) is 0 Å². The zero-order valence-corrected chi connectivity index (χ0v) is 20.3. The van der Waals surface area contributed by atoms with Gasteiger partial charge in [-0.1, -0.05) is 140 Å². The van der Waals surface area contributed by atoms with Crippen molar-refractivity contribution in [1.82, 2.24) is 0 Å². The summed E-state index contributed by atoms with van der Waals surface area (Å²) >= 11 is 0. The Hall–Kier alpha value is -4.69. The molecule has 0 aliphatic carbocycles. The summed E-state index contributed by atoms with van der Waals surface area (Å²) in [6.45, 7) is 5.38. The molecule has 0 atom stereocenters. The highest BCUT2D eigenvalue weighted by Gasteiger charge is 2.14. The number of hydrogen-bond acceptors (Lipinski definition) is 2. The molecule has 2 heteroatoms. The van der Waals surface area contributed by atoms with Gasteiger partial charge in [-0.15, -0.1) is 0 Å². The van der Waals surface area contributed by atoms with E-state index in [-0.39, 0.29) is 0 Å².